The van der Waals surface area contributed by atoms with Crippen molar-refractivity contribution in [1.82, 2.24) is 25.1 Å². The number of benzene rings is 2. The lowest BCUT2D eigenvalue weighted by atomic mass is 10.0. The number of H-pyrrole nitrogens is 1. The third-order valence-corrected chi connectivity index (χ3v) is 10.8. The minimum atomic E-state index is -1.03. The van der Waals surface area contributed by atoms with E-state index in [0.29, 0.717) is 44.0 Å². The first-order valence-corrected chi connectivity index (χ1v) is 18.8. The molecule has 2 aromatic heterocycles. The van der Waals surface area contributed by atoms with Crippen molar-refractivity contribution in [2.75, 3.05) is 31.1 Å². The highest BCUT2D eigenvalue weighted by molar-refractivity contribution is 6.38. The van der Waals surface area contributed by atoms with Crippen LogP contribution in [-0.4, -0.2) is 87.5 Å². The minimum absolute atomic E-state index is 0.0282. The van der Waals surface area contributed by atoms with Crippen molar-refractivity contribution < 1.29 is 33.5 Å². The van der Waals surface area contributed by atoms with E-state index in [2.05, 4.69) is 22.2 Å². The number of aryl methyl sites for hydroxylation is 1. The van der Waals surface area contributed by atoms with E-state index < -0.39 is 29.7 Å². The monoisotopic (exact) mass is 752 g/mol. The van der Waals surface area contributed by atoms with E-state index in [9.17, 15) is 28.8 Å². The van der Waals surface area contributed by atoms with E-state index in [1.54, 1.807) is 28.1 Å². The second-order valence-corrected chi connectivity index (χ2v) is 14.2. The molecule has 280 valence electrons. The molecule has 3 aliphatic rings. The summed E-state index contributed by atoms with van der Waals surface area (Å²) < 4.78 is 5.92. The molecular weight excluding hydrogens is 712 g/mol. The maximum atomic E-state index is 13.2. The van der Waals surface area contributed by atoms with Crippen LogP contribution in [0.3, 0.4) is 0 Å². The van der Waals surface area contributed by atoms with Gasteiger partial charge in [0, 0.05) is 55.0 Å². The van der Waals surface area contributed by atoms with Gasteiger partial charge in [0.1, 0.15) is 24.0 Å². The highest BCUT2D eigenvalue weighted by atomic mass is 35.5. The number of nitrogens with zero attached hydrogens (tertiary/aromatic N) is 4. The minimum Gasteiger partial charge on any atom is -0.493 e. The van der Waals surface area contributed by atoms with Crippen LogP contribution in [0.15, 0.2) is 54.9 Å². The van der Waals surface area contributed by atoms with E-state index in [-0.39, 0.29) is 48.1 Å². The number of piperazine rings is 1. The molecule has 7 rings (SSSR count). The number of ether oxygens (including phenoxy) is 1. The van der Waals surface area contributed by atoms with Crippen LogP contribution in [0.5, 0.6) is 5.75 Å². The highest BCUT2D eigenvalue weighted by Gasteiger charge is 2.46. The van der Waals surface area contributed by atoms with Gasteiger partial charge in [-0.1, -0.05) is 56.0 Å². The first kappa shape index (κ1) is 36.8. The molecule has 0 saturated carbocycles. The number of carbonyl (C=O) groups is 6. The van der Waals surface area contributed by atoms with Gasteiger partial charge < -0.3 is 19.5 Å². The number of hydrogen-bond acceptors (Lipinski definition) is 8. The zero-order valence-corrected chi connectivity index (χ0v) is 30.7. The lowest BCUT2D eigenvalue weighted by Crippen LogP contribution is -2.54. The van der Waals surface area contributed by atoms with Gasteiger partial charge in [0.15, 0.2) is 0 Å². The van der Waals surface area contributed by atoms with Gasteiger partial charge in [-0.15, -0.1) is 0 Å². The standard InChI is InChI=1S/C40H41ClN6O7/c1-2-24-21-42-37-34(24)36(41)28(22-43-37)25-10-8-11-26(20-25)46-18-17-45(23-33(46)50)32(49)14-6-4-3-5-7-19-54-30-13-9-12-27-35(30)40(53)47(39(27)52)29-15-16-31(48)44-38(29)51/h8-13,20-22,29H,2-7,14-19,23H2,1H3,(H,42,43)(H,44,48,51). The number of imide groups is 2. The van der Waals surface area contributed by atoms with E-state index in [4.69, 9.17) is 16.3 Å². The Labute approximate surface area is 317 Å². The molecule has 5 heterocycles. The molecule has 2 fully saturated rings. The second kappa shape index (κ2) is 15.8. The molecule has 13 nitrogen and oxygen atoms in total. The number of fused-ring (bicyclic) bond motifs is 2. The van der Waals surface area contributed by atoms with Gasteiger partial charge in [0.25, 0.3) is 11.8 Å². The molecule has 0 aliphatic carbocycles. The summed E-state index contributed by atoms with van der Waals surface area (Å²) in [6.07, 6.45) is 8.97. The van der Waals surface area contributed by atoms with E-state index in [1.165, 1.54) is 6.07 Å². The lowest BCUT2D eigenvalue weighted by molar-refractivity contribution is -0.137. The summed E-state index contributed by atoms with van der Waals surface area (Å²) in [6.45, 7) is 3.28. The average molecular weight is 753 g/mol. The molecule has 2 aromatic carbocycles. The summed E-state index contributed by atoms with van der Waals surface area (Å²) in [5, 5.41) is 3.73. The van der Waals surface area contributed by atoms with Crippen molar-refractivity contribution in [3.8, 4) is 16.9 Å². The number of rotatable bonds is 13. The predicted octanol–water partition coefficient (Wildman–Crippen LogP) is 5.44. The summed E-state index contributed by atoms with van der Waals surface area (Å²) in [5.74, 6) is -2.14. The number of aromatic amines is 1. The molecule has 0 spiro atoms. The molecule has 3 aliphatic heterocycles. The van der Waals surface area contributed by atoms with Crippen LogP contribution in [0.1, 0.15) is 84.6 Å². The fourth-order valence-electron chi connectivity index (χ4n) is 7.45. The van der Waals surface area contributed by atoms with Gasteiger partial charge in [-0.2, -0.15) is 0 Å². The fourth-order valence-corrected chi connectivity index (χ4v) is 7.82. The van der Waals surface area contributed by atoms with Crippen molar-refractivity contribution in [1.29, 1.82) is 0 Å². The van der Waals surface area contributed by atoms with Crippen molar-refractivity contribution in [2.45, 2.75) is 70.8 Å². The van der Waals surface area contributed by atoms with Gasteiger partial charge >= 0.3 is 0 Å². The molecule has 2 saturated heterocycles. The zero-order valence-electron chi connectivity index (χ0n) is 30.0. The second-order valence-electron chi connectivity index (χ2n) is 13.8. The zero-order chi connectivity index (χ0) is 37.9. The Kier molecular flexibility index (Phi) is 10.8. The Hall–Kier alpha value is -5.56. The van der Waals surface area contributed by atoms with Crippen LogP contribution in [0.2, 0.25) is 5.02 Å². The molecule has 14 heteroatoms. The number of nitrogens with one attached hydrogen (secondary N) is 2. The van der Waals surface area contributed by atoms with E-state index in [1.807, 2.05) is 30.5 Å². The number of carbonyl (C=O) groups excluding carboxylic acids is 6. The molecule has 0 bridgehead atoms. The third-order valence-electron chi connectivity index (χ3n) is 10.4. The molecule has 4 aromatic rings. The number of unbranched alkanes of at least 4 members (excludes halogenated alkanes) is 4. The number of amides is 6. The topological polar surface area (TPSA) is 162 Å². The summed E-state index contributed by atoms with van der Waals surface area (Å²) in [7, 11) is 0. The van der Waals surface area contributed by atoms with Crippen molar-refractivity contribution >= 4 is 63.8 Å². The number of hydrogen-bond donors (Lipinski definition) is 2. The van der Waals surface area contributed by atoms with Crippen LogP contribution in [0.4, 0.5) is 5.69 Å². The summed E-state index contributed by atoms with van der Waals surface area (Å²) in [5.41, 5.74) is 4.56. The number of pyridine rings is 1. The smallest absolute Gasteiger partial charge is 0.266 e. The van der Waals surface area contributed by atoms with Crippen LogP contribution >= 0.6 is 11.6 Å². The molecule has 1 atom stereocenters. The fraction of sp³-hybridized carbons (Fsp3) is 0.375. The largest absolute Gasteiger partial charge is 0.493 e. The van der Waals surface area contributed by atoms with Gasteiger partial charge in [-0.3, -0.25) is 39.0 Å². The molecule has 1 unspecified atom stereocenters. The van der Waals surface area contributed by atoms with Crippen LogP contribution < -0.4 is 15.0 Å². The number of piperidine rings is 1. The highest BCUT2D eigenvalue weighted by Crippen LogP contribution is 2.37. The van der Waals surface area contributed by atoms with Crippen LogP contribution in [0, 0.1) is 0 Å². The lowest BCUT2D eigenvalue weighted by Gasteiger charge is -2.34. The Morgan fingerprint density at radius 2 is 1.76 bits per heavy atom. The van der Waals surface area contributed by atoms with Gasteiger partial charge in [0.2, 0.25) is 23.6 Å². The summed E-state index contributed by atoms with van der Waals surface area (Å²) >= 11 is 6.86. The Morgan fingerprint density at radius 3 is 2.56 bits per heavy atom. The average Bonchev–Trinajstić information content (AvgIpc) is 3.71. The third kappa shape index (κ3) is 7.20. The Bertz CT molecular complexity index is 2170. The van der Waals surface area contributed by atoms with E-state index >= 15 is 0 Å². The summed E-state index contributed by atoms with van der Waals surface area (Å²) in [4.78, 5) is 88.5. The van der Waals surface area contributed by atoms with Gasteiger partial charge in [0.05, 0.1) is 22.8 Å². The molecule has 2 N–H and O–H groups in total. The molecule has 0 radical (unpaired) electrons. The quantitative estimate of drug-likeness (QED) is 0.135. The van der Waals surface area contributed by atoms with Gasteiger partial charge in [-0.25, -0.2) is 4.98 Å². The SMILES string of the molecule is CCc1c[nH]c2ncc(-c3cccc(N4CCN(C(=O)CCCCCCCOc5cccc6c5C(=O)N(C5CCC(=O)NC5=O)C6=O)CC4=O)c3)c(Cl)c12. The predicted molar refractivity (Wildman–Crippen MR) is 201 cm³/mol. The van der Waals surface area contributed by atoms with Gasteiger partial charge in [-0.05, 0) is 61.1 Å². The molecule has 6 amide bonds. The molecule has 54 heavy (non-hydrogen) atoms. The van der Waals surface area contributed by atoms with Crippen molar-refractivity contribution in [2.24, 2.45) is 0 Å². The first-order chi connectivity index (χ1) is 26.2. The van der Waals surface area contributed by atoms with Crippen LogP contribution in [0.25, 0.3) is 22.2 Å². The van der Waals surface area contributed by atoms with Crippen LogP contribution in [-0.2, 0) is 25.6 Å². The first-order valence-electron chi connectivity index (χ1n) is 18.5. The van der Waals surface area contributed by atoms with Crippen molar-refractivity contribution in [3.63, 3.8) is 0 Å². The maximum Gasteiger partial charge on any atom is 0.266 e. The summed E-state index contributed by atoms with van der Waals surface area (Å²) in [6, 6.07) is 11.5. The van der Waals surface area contributed by atoms with E-state index in [0.717, 1.165) is 64.0 Å². The number of halogens is 1. The number of aromatic nitrogens is 2. The Morgan fingerprint density at radius 1 is 0.963 bits per heavy atom. The number of anilines is 1. The van der Waals surface area contributed by atoms with Crippen molar-refractivity contribution in [3.05, 3.63) is 76.6 Å². The Balaban J connectivity index is 0.835. The normalized spacial score (nSPS) is 17.4. The maximum absolute atomic E-state index is 13.2. The molecular formula is C40H41ClN6O7.